The first-order valence-electron chi connectivity index (χ1n) is 5.53. The number of carbonyl (C=O) groups is 1. The average molecular weight is 272 g/mol. The Labute approximate surface area is 106 Å². The van der Waals surface area contributed by atoms with Crippen molar-refractivity contribution >= 4 is 17.0 Å². The topological polar surface area (TPSA) is 55.0 Å². The zero-order valence-corrected chi connectivity index (χ0v) is 10.0. The molecule has 0 spiro atoms. The Morgan fingerprint density at radius 3 is 2.79 bits per heavy atom. The first-order chi connectivity index (χ1) is 8.90. The number of halogens is 3. The lowest BCUT2D eigenvalue weighted by Gasteiger charge is -2.05. The fraction of sp³-hybridized carbons (Fsp3) is 0.333. The number of H-pyrrole nitrogens is 1. The van der Waals surface area contributed by atoms with Gasteiger partial charge in [0.25, 0.3) is 0 Å². The van der Waals surface area contributed by atoms with Gasteiger partial charge in [0.1, 0.15) is 5.82 Å². The van der Waals surface area contributed by atoms with E-state index >= 15 is 0 Å². The number of hydrogen-bond acceptors (Lipinski definition) is 3. The van der Waals surface area contributed by atoms with E-state index in [0.717, 1.165) is 12.1 Å². The van der Waals surface area contributed by atoms with E-state index in [1.165, 1.54) is 13.2 Å². The second-order valence-electron chi connectivity index (χ2n) is 3.99. The second kappa shape index (κ2) is 4.91. The van der Waals surface area contributed by atoms with Crippen molar-refractivity contribution in [2.24, 2.45) is 0 Å². The number of aromatic amines is 1. The molecule has 19 heavy (non-hydrogen) atoms. The molecule has 0 fully saturated rings. The maximum atomic E-state index is 12.5. The molecule has 4 nitrogen and oxygen atoms in total. The number of carbonyl (C=O) groups excluding carboxylic acids is 1. The number of ether oxygens (including phenoxy) is 1. The Morgan fingerprint density at radius 2 is 2.16 bits per heavy atom. The Bertz CT molecular complexity index is 605. The number of alkyl halides is 3. The molecular weight excluding hydrogens is 261 g/mol. The highest BCUT2D eigenvalue weighted by atomic mass is 19.4. The van der Waals surface area contributed by atoms with Crippen LogP contribution in [0, 0.1) is 0 Å². The van der Waals surface area contributed by atoms with E-state index in [9.17, 15) is 18.0 Å². The summed E-state index contributed by atoms with van der Waals surface area (Å²) in [5, 5.41) is 0. The minimum atomic E-state index is -4.38. The third-order valence-electron chi connectivity index (χ3n) is 2.65. The van der Waals surface area contributed by atoms with Crippen molar-refractivity contribution in [1.82, 2.24) is 9.97 Å². The number of imidazole rings is 1. The first-order valence-corrected chi connectivity index (χ1v) is 5.53. The van der Waals surface area contributed by atoms with Crippen molar-refractivity contribution < 1.29 is 22.7 Å². The van der Waals surface area contributed by atoms with E-state index in [2.05, 4.69) is 14.7 Å². The van der Waals surface area contributed by atoms with Crippen LogP contribution in [0.4, 0.5) is 13.2 Å². The summed E-state index contributed by atoms with van der Waals surface area (Å²) in [6.45, 7) is 0. The molecule has 0 aliphatic heterocycles. The molecule has 1 N–H and O–H groups in total. The van der Waals surface area contributed by atoms with E-state index < -0.39 is 17.7 Å². The molecule has 0 bridgehead atoms. The van der Waals surface area contributed by atoms with Crippen LogP contribution in [0.1, 0.15) is 17.8 Å². The number of nitrogens with one attached hydrogen (secondary N) is 1. The Balaban J connectivity index is 2.23. The van der Waals surface area contributed by atoms with Gasteiger partial charge >= 0.3 is 12.1 Å². The van der Waals surface area contributed by atoms with Crippen LogP contribution in [0.3, 0.4) is 0 Å². The SMILES string of the molecule is COC(=O)CCc1nc2ccc(C(F)(F)F)cc2[nH]1. The molecule has 2 aromatic rings. The van der Waals surface area contributed by atoms with E-state index in [4.69, 9.17) is 0 Å². The quantitative estimate of drug-likeness (QED) is 0.874. The first kappa shape index (κ1) is 13.4. The fourth-order valence-corrected chi connectivity index (χ4v) is 1.68. The summed E-state index contributed by atoms with van der Waals surface area (Å²) in [5.74, 6) is 0.0659. The molecular formula is C12H11F3N2O2. The van der Waals surface area contributed by atoms with E-state index in [1.807, 2.05) is 0 Å². The third kappa shape index (κ3) is 3.04. The van der Waals surface area contributed by atoms with Gasteiger partial charge in [-0.15, -0.1) is 0 Å². The van der Waals surface area contributed by atoms with Crippen LogP contribution >= 0.6 is 0 Å². The molecule has 0 aliphatic carbocycles. The summed E-state index contributed by atoms with van der Waals surface area (Å²) in [7, 11) is 1.27. The number of hydrogen-bond donors (Lipinski definition) is 1. The minimum absolute atomic E-state index is 0.127. The normalized spacial score (nSPS) is 11.8. The number of aromatic nitrogens is 2. The van der Waals surface area contributed by atoms with Crippen LogP contribution in [0.2, 0.25) is 0 Å². The number of fused-ring (bicyclic) bond motifs is 1. The molecule has 0 aliphatic rings. The predicted molar refractivity (Wildman–Crippen MR) is 61.4 cm³/mol. The van der Waals surface area contributed by atoms with Crippen molar-refractivity contribution in [3.8, 4) is 0 Å². The van der Waals surface area contributed by atoms with Gasteiger partial charge in [-0.05, 0) is 18.2 Å². The standard InChI is InChI=1S/C12H11F3N2O2/c1-19-11(18)5-4-10-16-8-3-2-7(12(13,14)15)6-9(8)17-10/h2-3,6H,4-5H2,1H3,(H,16,17). The van der Waals surface area contributed by atoms with Gasteiger partial charge in [-0.2, -0.15) is 13.2 Å². The minimum Gasteiger partial charge on any atom is -0.469 e. The summed E-state index contributed by atoms with van der Waals surface area (Å²) in [6.07, 6.45) is -3.96. The molecule has 0 atom stereocenters. The number of rotatable bonds is 3. The van der Waals surface area contributed by atoms with Gasteiger partial charge in [0.05, 0.1) is 30.1 Å². The van der Waals surface area contributed by atoms with Crippen LogP contribution in [0.5, 0.6) is 0 Å². The summed E-state index contributed by atoms with van der Waals surface area (Å²) in [5.41, 5.74) is 0.00530. The lowest BCUT2D eigenvalue weighted by Crippen LogP contribution is -2.04. The monoisotopic (exact) mass is 272 g/mol. The van der Waals surface area contributed by atoms with Crippen molar-refractivity contribution in [3.63, 3.8) is 0 Å². The van der Waals surface area contributed by atoms with Crippen LogP contribution in [0.25, 0.3) is 11.0 Å². The molecule has 0 radical (unpaired) electrons. The molecule has 7 heteroatoms. The highest BCUT2D eigenvalue weighted by molar-refractivity contribution is 5.76. The Kier molecular flexibility index (Phi) is 3.46. The molecule has 0 unspecified atom stereocenters. The van der Waals surface area contributed by atoms with Crippen molar-refractivity contribution in [1.29, 1.82) is 0 Å². The zero-order chi connectivity index (χ0) is 14.0. The molecule has 0 amide bonds. The molecule has 1 heterocycles. The van der Waals surface area contributed by atoms with Gasteiger partial charge in [0.15, 0.2) is 0 Å². The van der Waals surface area contributed by atoms with Crippen molar-refractivity contribution in [2.45, 2.75) is 19.0 Å². The largest absolute Gasteiger partial charge is 0.469 e. The maximum Gasteiger partial charge on any atom is 0.416 e. The molecule has 1 aromatic heterocycles. The Morgan fingerprint density at radius 1 is 1.42 bits per heavy atom. The highest BCUT2D eigenvalue weighted by Gasteiger charge is 2.30. The molecule has 1 aromatic carbocycles. The summed E-state index contributed by atoms with van der Waals surface area (Å²) < 4.78 is 42.1. The van der Waals surface area contributed by atoms with Crippen molar-refractivity contribution in [2.75, 3.05) is 7.11 Å². The van der Waals surface area contributed by atoms with Crippen LogP contribution in [0.15, 0.2) is 18.2 Å². The second-order valence-corrected chi connectivity index (χ2v) is 3.99. The average Bonchev–Trinajstić information content (AvgIpc) is 2.76. The molecule has 2 rings (SSSR count). The molecule has 102 valence electrons. The van der Waals surface area contributed by atoms with Gasteiger partial charge in [-0.25, -0.2) is 4.98 Å². The summed E-state index contributed by atoms with van der Waals surface area (Å²) >= 11 is 0. The van der Waals surface area contributed by atoms with Crippen LogP contribution < -0.4 is 0 Å². The number of methoxy groups -OCH3 is 1. The van der Waals surface area contributed by atoms with Gasteiger partial charge < -0.3 is 9.72 Å². The predicted octanol–water partition coefficient (Wildman–Crippen LogP) is 2.69. The van der Waals surface area contributed by atoms with Crippen molar-refractivity contribution in [3.05, 3.63) is 29.6 Å². The lowest BCUT2D eigenvalue weighted by molar-refractivity contribution is -0.140. The van der Waals surface area contributed by atoms with Crippen LogP contribution in [-0.4, -0.2) is 23.0 Å². The van der Waals surface area contributed by atoms with Gasteiger partial charge in [-0.1, -0.05) is 0 Å². The summed E-state index contributed by atoms with van der Waals surface area (Å²) in [4.78, 5) is 17.9. The highest BCUT2D eigenvalue weighted by Crippen LogP contribution is 2.30. The fourth-order valence-electron chi connectivity index (χ4n) is 1.68. The molecule has 0 saturated heterocycles. The zero-order valence-electron chi connectivity index (χ0n) is 10.0. The lowest BCUT2D eigenvalue weighted by atomic mass is 10.2. The number of aryl methyl sites for hydroxylation is 1. The third-order valence-corrected chi connectivity index (χ3v) is 2.65. The summed E-state index contributed by atoms with van der Waals surface area (Å²) in [6, 6.07) is 3.29. The van der Waals surface area contributed by atoms with E-state index in [-0.39, 0.29) is 6.42 Å². The number of benzene rings is 1. The number of nitrogens with zero attached hydrogens (tertiary/aromatic N) is 1. The van der Waals surface area contributed by atoms with Gasteiger partial charge in [0.2, 0.25) is 0 Å². The maximum absolute atomic E-state index is 12.5. The van der Waals surface area contributed by atoms with Gasteiger partial charge in [-0.3, -0.25) is 4.79 Å². The smallest absolute Gasteiger partial charge is 0.416 e. The number of esters is 1. The van der Waals surface area contributed by atoms with E-state index in [0.29, 0.717) is 23.3 Å². The van der Waals surface area contributed by atoms with E-state index in [1.54, 1.807) is 0 Å². The van der Waals surface area contributed by atoms with Crippen LogP contribution in [-0.2, 0) is 22.1 Å². The molecule has 0 saturated carbocycles. The Hall–Kier alpha value is -2.05. The van der Waals surface area contributed by atoms with Gasteiger partial charge in [0, 0.05) is 6.42 Å².